The van der Waals surface area contributed by atoms with E-state index < -0.39 is 0 Å². The number of anilines is 1. The molecule has 1 aliphatic carbocycles. The van der Waals surface area contributed by atoms with Crippen LogP contribution in [0.4, 0.5) is 5.69 Å². The number of fused-ring (bicyclic) bond motifs is 1. The van der Waals surface area contributed by atoms with Crippen LogP contribution in [-0.4, -0.2) is 15.9 Å². The lowest BCUT2D eigenvalue weighted by molar-refractivity contribution is -0.120. The van der Waals surface area contributed by atoms with E-state index in [0.717, 1.165) is 46.5 Å². The second-order valence-electron chi connectivity index (χ2n) is 6.96. The number of aryl methyl sites for hydroxylation is 1. The van der Waals surface area contributed by atoms with E-state index in [-0.39, 0.29) is 11.8 Å². The van der Waals surface area contributed by atoms with Gasteiger partial charge in [-0.05, 0) is 55.7 Å². The van der Waals surface area contributed by atoms with Crippen LogP contribution >= 0.6 is 0 Å². The highest BCUT2D eigenvalue weighted by molar-refractivity contribution is 5.92. The normalized spacial score (nSPS) is 15.4. The van der Waals surface area contributed by atoms with E-state index in [1.807, 2.05) is 36.4 Å². The average molecular weight is 333 g/mol. The molecule has 25 heavy (non-hydrogen) atoms. The summed E-state index contributed by atoms with van der Waals surface area (Å²) >= 11 is 0. The first-order chi connectivity index (χ1) is 12.2. The molecule has 3 aromatic rings. The van der Waals surface area contributed by atoms with Crippen molar-refractivity contribution < 1.29 is 4.79 Å². The number of hydrogen-bond acceptors (Lipinski definition) is 2. The Kier molecular flexibility index (Phi) is 4.26. The van der Waals surface area contributed by atoms with E-state index in [1.54, 1.807) is 0 Å². The Hall–Kier alpha value is -2.62. The van der Waals surface area contributed by atoms with Crippen molar-refractivity contribution in [3.63, 3.8) is 0 Å². The number of nitrogens with zero attached hydrogens (tertiary/aromatic N) is 1. The van der Waals surface area contributed by atoms with Crippen molar-refractivity contribution in [3.05, 3.63) is 48.0 Å². The van der Waals surface area contributed by atoms with E-state index in [1.165, 1.54) is 19.3 Å². The van der Waals surface area contributed by atoms with Crippen LogP contribution in [0.5, 0.6) is 0 Å². The molecule has 4 rings (SSSR count). The Morgan fingerprint density at radius 3 is 2.56 bits per heavy atom. The quantitative estimate of drug-likeness (QED) is 0.704. The van der Waals surface area contributed by atoms with Crippen molar-refractivity contribution in [3.8, 4) is 11.4 Å². The fraction of sp³-hybridized carbons (Fsp3) is 0.333. The van der Waals surface area contributed by atoms with Crippen LogP contribution < -0.4 is 5.32 Å². The Bertz CT molecular complexity index is 889. The molecule has 1 aromatic heterocycles. The van der Waals surface area contributed by atoms with Gasteiger partial charge in [0.05, 0.1) is 11.0 Å². The molecule has 0 radical (unpaired) electrons. The van der Waals surface area contributed by atoms with Gasteiger partial charge in [0.1, 0.15) is 5.82 Å². The van der Waals surface area contributed by atoms with E-state index >= 15 is 0 Å². The predicted octanol–water partition coefficient (Wildman–Crippen LogP) is 5.06. The SMILES string of the molecule is Cc1cccc2[nH]c(-c3ccc(NC(=O)C4CCCCC4)cc3)nc12. The molecule has 1 aliphatic rings. The second-order valence-corrected chi connectivity index (χ2v) is 6.96. The summed E-state index contributed by atoms with van der Waals surface area (Å²) in [6.45, 7) is 2.07. The summed E-state index contributed by atoms with van der Waals surface area (Å²) in [6.07, 6.45) is 5.63. The zero-order valence-corrected chi connectivity index (χ0v) is 14.5. The van der Waals surface area contributed by atoms with Crippen LogP contribution in [-0.2, 0) is 4.79 Å². The topological polar surface area (TPSA) is 57.8 Å². The lowest BCUT2D eigenvalue weighted by Crippen LogP contribution is -2.24. The average Bonchev–Trinajstić information content (AvgIpc) is 3.09. The highest BCUT2D eigenvalue weighted by Gasteiger charge is 2.21. The molecule has 4 nitrogen and oxygen atoms in total. The number of carbonyl (C=O) groups excluding carboxylic acids is 1. The van der Waals surface area contributed by atoms with Gasteiger partial charge in [-0.3, -0.25) is 4.79 Å². The molecule has 0 saturated heterocycles. The minimum Gasteiger partial charge on any atom is -0.338 e. The first-order valence-electron chi connectivity index (χ1n) is 9.07. The van der Waals surface area contributed by atoms with Gasteiger partial charge in [0.2, 0.25) is 5.91 Å². The molecule has 4 heteroatoms. The third-order valence-corrected chi connectivity index (χ3v) is 5.12. The highest BCUT2D eigenvalue weighted by Crippen LogP contribution is 2.26. The van der Waals surface area contributed by atoms with Gasteiger partial charge in [0.25, 0.3) is 0 Å². The first kappa shape index (κ1) is 15.9. The monoisotopic (exact) mass is 333 g/mol. The molecule has 1 amide bonds. The van der Waals surface area contributed by atoms with Gasteiger partial charge < -0.3 is 10.3 Å². The number of carbonyl (C=O) groups is 1. The fourth-order valence-electron chi connectivity index (χ4n) is 3.63. The van der Waals surface area contributed by atoms with Crippen molar-refractivity contribution in [1.29, 1.82) is 0 Å². The molecular formula is C21H23N3O. The van der Waals surface area contributed by atoms with Crippen molar-refractivity contribution in [2.45, 2.75) is 39.0 Å². The maximum absolute atomic E-state index is 12.3. The molecule has 0 spiro atoms. The number of aromatic amines is 1. The second kappa shape index (κ2) is 6.71. The number of benzene rings is 2. The largest absolute Gasteiger partial charge is 0.338 e. The minimum absolute atomic E-state index is 0.159. The molecule has 0 unspecified atom stereocenters. The van der Waals surface area contributed by atoms with E-state index in [4.69, 9.17) is 4.98 Å². The maximum Gasteiger partial charge on any atom is 0.227 e. The summed E-state index contributed by atoms with van der Waals surface area (Å²) in [6, 6.07) is 14.1. The summed E-state index contributed by atoms with van der Waals surface area (Å²) < 4.78 is 0. The molecule has 1 fully saturated rings. The predicted molar refractivity (Wildman–Crippen MR) is 101 cm³/mol. The number of imidazole rings is 1. The van der Waals surface area contributed by atoms with Crippen molar-refractivity contribution in [2.75, 3.05) is 5.32 Å². The zero-order chi connectivity index (χ0) is 17.2. The zero-order valence-electron chi connectivity index (χ0n) is 14.5. The lowest BCUT2D eigenvalue weighted by atomic mass is 9.88. The van der Waals surface area contributed by atoms with Crippen molar-refractivity contribution in [1.82, 2.24) is 9.97 Å². The maximum atomic E-state index is 12.3. The van der Waals surface area contributed by atoms with Crippen molar-refractivity contribution >= 4 is 22.6 Å². The van der Waals surface area contributed by atoms with Gasteiger partial charge in [-0.25, -0.2) is 4.98 Å². The van der Waals surface area contributed by atoms with Gasteiger partial charge in [0.15, 0.2) is 0 Å². The number of amides is 1. The fourth-order valence-corrected chi connectivity index (χ4v) is 3.63. The molecule has 128 valence electrons. The third kappa shape index (κ3) is 3.29. The summed E-state index contributed by atoms with van der Waals surface area (Å²) in [5, 5.41) is 3.06. The van der Waals surface area contributed by atoms with Crippen LogP contribution in [0.15, 0.2) is 42.5 Å². The number of H-pyrrole nitrogens is 1. The minimum atomic E-state index is 0.159. The molecule has 2 aromatic carbocycles. The van der Waals surface area contributed by atoms with Gasteiger partial charge in [-0.2, -0.15) is 0 Å². The molecule has 0 bridgehead atoms. The molecule has 0 atom stereocenters. The van der Waals surface area contributed by atoms with Crippen molar-refractivity contribution in [2.24, 2.45) is 5.92 Å². The van der Waals surface area contributed by atoms with E-state index in [2.05, 4.69) is 23.3 Å². The number of hydrogen-bond donors (Lipinski definition) is 2. The van der Waals surface area contributed by atoms with Crippen LogP contribution in [0.1, 0.15) is 37.7 Å². The number of para-hydroxylation sites is 1. The Balaban J connectivity index is 1.51. The van der Waals surface area contributed by atoms with Crippen LogP contribution in [0.2, 0.25) is 0 Å². The smallest absolute Gasteiger partial charge is 0.227 e. The summed E-state index contributed by atoms with van der Waals surface area (Å²) in [5.74, 6) is 1.19. The van der Waals surface area contributed by atoms with E-state index in [9.17, 15) is 4.79 Å². The standard InChI is InChI=1S/C21H23N3O/c1-14-6-5-9-18-19(14)24-20(23-18)15-10-12-17(13-11-15)22-21(25)16-7-3-2-4-8-16/h5-6,9-13,16H,2-4,7-8H2,1H3,(H,22,25)(H,23,24). The summed E-state index contributed by atoms with van der Waals surface area (Å²) in [7, 11) is 0. The summed E-state index contributed by atoms with van der Waals surface area (Å²) in [5.41, 5.74) is 5.09. The number of aromatic nitrogens is 2. The Labute approximate surface area is 147 Å². The summed E-state index contributed by atoms with van der Waals surface area (Å²) in [4.78, 5) is 20.4. The molecular weight excluding hydrogens is 310 g/mol. The molecule has 1 saturated carbocycles. The van der Waals surface area contributed by atoms with Crippen LogP contribution in [0, 0.1) is 12.8 Å². The van der Waals surface area contributed by atoms with Gasteiger partial charge >= 0.3 is 0 Å². The lowest BCUT2D eigenvalue weighted by Gasteiger charge is -2.20. The molecule has 2 N–H and O–H groups in total. The number of rotatable bonds is 3. The van der Waals surface area contributed by atoms with Gasteiger partial charge in [0, 0.05) is 17.2 Å². The van der Waals surface area contributed by atoms with Crippen LogP contribution in [0.25, 0.3) is 22.4 Å². The third-order valence-electron chi connectivity index (χ3n) is 5.12. The Morgan fingerprint density at radius 2 is 1.84 bits per heavy atom. The Morgan fingerprint density at radius 1 is 1.08 bits per heavy atom. The highest BCUT2D eigenvalue weighted by atomic mass is 16.1. The number of nitrogens with one attached hydrogen (secondary N) is 2. The van der Waals surface area contributed by atoms with Gasteiger partial charge in [-0.1, -0.05) is 31.4 Å². The molecule has 1 heterocycles. The molecule has 0 aliphatic heterocycles. The first-order valence-corrected chi connectivity index (χ1v) is 9.07. The van der Waals surface area contributed by atoms with Crippen LogP contribution in [0.3, 0.4) is 0 Å². The van der Waals surface area contributed by atoms with Gasteiger partial charge in [-0.15, -0.1) is 0 Å². The van der Waals surface area contributed by atoms with E-state index in [0.29, 0.717) is 0 Å².